The summed E-state index contributed by atoms with van der Waals surface area (Å²) in [6, 6.07) is 3.55. The van der Waals surface area contributed by atoms with Crippen LogP contribution in [0.25, 0.3) is 16.8 Å². The van der Waals surface area contributed by atoms with Gasteiger partial charge in [-0.2, -0.15) is 15.3 Å². The van der Waals surface area contributed by atoms with Gasteiger partial charge in [0.15, 0.2) is 11.6 Å². The molecule has 0 unspecified atom stereocenters. The van der Waals surface area contributed by atoms with Crippen molar-refractivity contribution in [3.8, 4) is 11.3 Å². The van der Waals surface area contributed by atoms with E-state index >= 15 is 0 Å². The number of anilines is 1. The number of nitrogens with two attached hydrogens (primary N) is 1. The van der Waals surface area contributed by atoms with E-state index in [1.807, 2.05) is 13.8 Å². The third-order valence-corrected chi connectivity index (χ3v) is 3.43. The fraction of sp³-hybridized carbons (Fsp3) is 0.312. The van der Waals surface area contributed by atoms with Gasteiger partial charge in [0.05, 0.1) is 29.2 Å². The molecular formula is C16H18FN7. The van der Waals surface area contributed by atoms with Crippen LogP contribution in [-0.2, 0) is 0 Å². The number of fused-ring (bicyclic) bond motifs is 1. The maximum absolute atomic E-state index is 14.5. The van der Waals surface area contributed by atoms with Crippen LogP contribution >= 0.6 is 0 Å². The highest BCUT2D eigenvalue weighted by atomic mass is 19.1. The predicted octanol–water partition coefficient (Wildman–Crippen LogP) is 3.62. The van der Waals surface area contributed by atoms with Crippen LogP contribution in [-0.4, -0.2) is 25.6 Å². The molecule has 0 aliphatic carbocycles. The molecule has 3 rings (SSSR count). The topological polar surface area (TPSA) is 93.8 Å². The van der Waals surface area contributed by atoms with E-state index in [1.165, 1.54) is 10.7 Å². The largest absolute Gasteiger partial charge is 0.382 e. The Morgan fingerprint density at radius 1 is 1.21 bits per heavy atom. The Bertz CT molecular complexity index is 943. The summed E-state index contributed by atoms with van der Waals surface area (Å²) in [5, 5.41) is 12.4. The van der Waals surface area contributed by atoms with Crippen LogP contribution in [0.3, 0.4) is 0 Å². The Morgan fingerprint density at radius 2 is 1.96 bits per heavy atom. The number of nitrogen functional groups attached to an aromatic ring is 1. The Kier molecular flexibility index (Phi) is 3.96. The third-order valence-electron chi connectivity index (χ3n) is 3.43. The summed E-state index contributed by atoms with van der Waals surface area (Å²) in [4.78, 5) is 8.56. The van der Waals surface area contributed by atoms with E-state index in [4.69, 9.17) is 5.73 Å². The van der Waals surface area contributed by atoms with Crippen molar-refractivity contribution < 1.29 is 4.39 Å². The van der Waals surface area contributed by atoms with Gasteiger partial charge in [0.25, 0.3) is 0 Å². The first kappa shape index (κ1) is 16.0. The molecule has 2 N–H and O–H groups in total. The number of azo groups is 1. The first-order valence-electron chi connectivity index (χ1n) is 7.56. The Morgan fingerprint density at radius 3 is 2.62 bits per heavy atom. The van der Waals surface area contributed by atoms with Crippen LogP contribution in [0.1, 0.15) is 25.4 Å². The fourth-order valence-electron chi connectivity index (χ4n) is 2.41. The van der Waals surface area contributed by atoms with E-state index in [9.17, 15) is 4.39 Å². The van der Waals surface area contributed by atoms with Crippen molar-refractivity contribution in [2.24, 2.45) is 10.2 Å². The molecule has 0 saturated carbocycles. The molecule has 0 fully saturated rings. The summed E-state index contributed by atoms with van der Waals surface area (Å²) in [6.45, 7) is 7.38. The lowest BCUT2D eigenvalue weighted by molar-refractivity contribution is 0.627. The Balaban J connectivity index is 2.15. The van der Waals surface area contributed by atoms with E-state index in [2.05, 4.69) is 25.3 Å². The molecule has 8 heteroatoms. The summed E-state index contributed by atoms with van der Waals surface area (Å²) >= 11 is 0. The zero-order valence-corrected chi connectivity index (χ0v) is 13.9. The molecule has 24 heavy (non-hydrogen) atoms. The zero-order valence-electron chi connectivity index (χ0n) is 13.9. The normalized spacial score (nSPS) is 11.9. The number of hydrogen-bond acceptors (Lipinski definition) is 6. The van der Waals surface area contributed by atoms with Crippen LogP contribution in [0.15, 0.2) is 28.6 Å². The van der Waals surface area contributed by atoms with Gasteiger partial charge in [-0.15, -0.1) is 0 Å². The van der Waals surface area contributed by atoms with Crippen LogP contribution in [0.2, 0.25) is 0 Å². The number of halogens is 1. The van der Waals surface area contributed by atoms with Crippen molar-refractivity contribution in [1.29, 1.82) is 0 Å². The SMILES string of the molecule is Cc1nc(N)c2c(-c3ccc(N=NC(C)C)c(C)n3)c(F)cn2n1. The van der Waals surface area contributed by atoms with Gasteiger partial charge in [-0.1, -0.05) is 0 Å². The molecule has 7 nitrogen and oxygen atoms in total. The van der Waals surface area contributed by atoms with E-state index in [1.54, 1.807) is 26.0 Å². The zero-order chi connectivity index (χ0) is 17.4. The van der Waals surface area contributed by atoms with Gasteiger partial charge in [0, 0.05) is 0 Å². The molecule has 3 heterocycles. The van der Waals surface area contributed by atoms with E-state index < -0.39 is 5.82 Å². The Labute approximate surface area is 138 Å². The lowest BCUT2D eigenvalue weighted by Gasteiger charge is -2.06. The lowest BCUT2D eigenvalue weighted by Crippen LogP contribution is -2.02. The number of nitrogens with zero attached hydrogens (tertiary/aromatic N) is 6. The molecule has 0 aromatic carbocycles. The molecule has 0 atom stereocenters. The minimum absolute atomic E-state index is 0.0946. The molecule has 3 aromatic rings. The first-order valence-corrected chi connectivity index (χ1v) is 7.56. The maximum Gasteiger partial charge on any atom is 0.153 e. The minimum atomic E-state index is -0.454. The van der Waals surface area contributed by atoms with Crippen LogP contribution in [0.5, 0.6) is 0 Å². The molecule has 3 aromatic heterocycles. The van der Waals surface area contributed by atoms with Gasteiger partial charge in [-0.25, -0.2) is 13.9 Å². The van der Waals surface area contributed by atoms with Crippen molar-refractivity contribution in [2.75, 3.05) is 5.73 Å². The number of aryl methyl sites for hydroxylation is 2. The monoisotopic (exact) mass is 327 g/mol. The fourth-order valence-corrected chi connectivity index (χ4v) is 2.41. The van der Waals surface area contributed by atoms with Crippen molar-refractivity contribution in [3.63, 3.8) is 0 Å². The maximum atomic E-state index is 14.5. The highest BCUT2D eigenvalue weighted by molar-refractivity contribution is 5.86. The molecule has 124 valence electrons. The van der Waals surface area contributed by atoms with Crippen LogP contribution < -0.4 is 5.73 Å². The van der Waals surface area contributed by atoms with Gasteiger partial charge >= 0.3 is 0 Å². The van der Waals surface area contributed by atoms with Gasteiger partial charge in [-0.3, -0.25) is 4.98 Å². The smallest absolute Gasteiger partial charge is 0.153 e. The summed E-state index contributed by atoms with van der Waals surface area (Å²) in [6.07, 6.45) is 1.28. The molecule has 0 bridgehead atoms. The second-order valence-corrected chi connectivity index (χ2v) is 5.80. The van der Waals surface area contributed by atoms with E-state index in [-0.39, 0.29) is 17.4 Å². The van der Waals surface area contributed by atoms with Crippen molar-refractivity contribution in [1.82, 2.24) is 19.6 Å². The second kappa shape index (κ2) is 5.95. The average molecular weight is 327 g/mol. The highest BCUT2D eigenvalue weighted by Crippen LogP contribution is 2.32. The van der Waals surface area contributed by atoms with Crippen molar-refractivity contribution in [2.45, 2.75) is 33.7 Å². The standard InChI is InChI=1S/C16H18FN7/c1-8(2)21-22-12-5-6-13(19-9(12)3)14-11(17)7-24-15(14)16(18)20-10(4)23-24/h5-8H,1-4H3,(H2,18,20,23). The Hall–Kier alpha value is -2.90. The second-order valence-electron chi connectivity index (χ2n) is 5.80. The molecule has 0 amide bonds. The number of rotatable bonds is 3. The number of aromatic nitrogens is 4. The highest BCUT2D eigenvalue weighted by Gasteiger charge is 2.19. The van der Waals surface area contributed by atoms with Gasteiger partial charge < -0.3 is 5.73 Å². The predicted molar refractivity (Wildman–Crippen MR) is 89.7 cm³/mol. The van der Waals surface area contributed by atoms with Crippen molar-refractivity contribution >= 4 is 17.0 Å². The van der Waals surface area contributed by atoms with Crippen LogP contribution in [0.4, 0.5) is 15.9 Å². The molecule has 0 aliphatic rings. The molecule has 0 spiro atoms. The van der Waals surface area contributed by atoms with Crippen molar-refractivity contribution in [3.05, 3.63) is 35.7 Å². The molecular weight excluding hydrogens is 309 g/mol. The van der Waals surface area contributed by atoms with Crippen LogP contribution in [0, 0.1) is 19.7 Å². The summed E-state index contributed by atoms with van der Waals surface area (Å²) in [5.74, 6) is 0.226. The van der Waals surface area contributed by atoms with Gasteiger partial charge in [0.2, 0.25) is 0 Å². The summed E-state index contributed by atoms with van der Waals surface area (Å²) < 4.78 is 15.9. The average Bonchev–Trinajstić information content (AvgIpc) is 2.81. The van der Waals surface area contributed by atoms with E-state index in [0.29, 0.717) is 28.4 Å². The van der Waals surface area contributed by atoms with E-state index in [0.717, 1.165) is 0 Å². The van der Waals surface area contributed by atoms with Gasteiger partial charge in [-0.05, 0) is 39.8 Å². The summed E-state index contributed by atoms with van der Waals surface area (Å²) in [7, 11) is 0. The number of hydrogen-bond donors (Lipinski definition) is 1. The summed E-state index contributed by atoms with van der Waals surface area (Å²) in [5.41, 5.74) is 8.40. The number of pyridine rings is 1. The molecule has 0 saturated heterocycles. The first-order chi connectivity index (χ1) is 11.4. The minimum Gasteiger partial charge on any atom is -0.382 e. The molecule has 0 radical (unpaired) electrons. The third kappa shape index (κ3) is 2.82. The van der Waals surface area contributed by atoms with Gasteiger partial charge in [0.1, 0.15) is 17.0 Å². The molecule has 0 aliphatic heterocycles. The quantitative estimate of drug-likeness (QED) is 0.743. The lowest BCUT2D eigenvalue weighted by atomic mass is 10.1.